The van der Waals surface area contributed by atoms with Crippen LogP contribution in [-0.2, 0) is 4.84 Å². The Kier molecular flexibility index (Phi) is 3.44. The smallest absolute Gasteiger partial charge is 0.244 e. The summed E-state index contributed by atoms with van der Waals surface area (Å²) in [7, 11) is 0. The summed E-state index contributed by atoms with van der Waals surface area (Å²) in [6.45, 7) is 3.69. The molecule has 0 saturated heterocycles. The molecule has 0 bridgehead atoms. The molecule has 3 nitrogen and oxygen atoms in total. The Morgan fingerprint density at radius 3 is 2.65 bits per heavy atom. The molecule has 0 radical (unpaired) electrons. The third kappa shape index (κ3) is 2.41. The fraction of sp³-hybridized carbons (Fsp3) is 0.267. The molecule has 1 N–H and O–H groups in total. The Hall–Kier alpha value is -1.17. The van der Waals surface area contributed by atoms with Crippen molar-refractivity contribution in [3.63, 3.8) is 0 Å². The van der Waals surface area contributed by atoms with E-state index in [4.69, 9.17) is 4.84 Å². The van der Waals surface area contributed by atoms with E-state index in [1.54, 1.807) is 18.3 Å². The maximum absolute atomic E-state index is 10.5. The number of halogens is 1. The first-order valence-electron chi connectivity index (χ1n) is 6.27. The Balaban J connectivity index is 2.04. The molecule has 2 aromatic rings. The van der Waals surface area contributed by atoms with E-state index >= 15 is 0 Å². The van der Waals surface area contributed by atoms with Gasteiger partial charge in [0.2, 0.25) is 5.79 Å². The van der Waals surface area contributed by atoms with E-state index in [-0.39, 0.29) is 5.92 Å². The average molecular weight is 352 g/mol. The zero-order valence-electron chi connectivity index (χ0n) is 11.1. The summed E-state index contributed by atoms with van der Waals surface area (Å²) in [6, 6.07) is 9.95. The Labute approximate surface area is 130 Å². The predicted molar refractivity (Wildman–Crippen MR) is 84.2 cm³/mol. The minimum atomic E-state index is -1.32. The summed E-state index contributed by atoms with van der Waals surface area (Å²) in [5.74, 6) is -1.60. The van der Waals surface area contributed by atoms with Crippen molar-refractivity contribution in [1.29, 1.82) is 0 Å². The van der Waals surface area contributed by atoms with Gasteiger partial charge in [0, 0.05) is 11.4 Å². The first-order valence-corrected chi connectivity index (χ1v) is 7.94. The van der Waals surface area contributed by atoms with Crippen molar-refractivity contribution in [2.24, 2.45) is 5.16 Å². The monoisotopic (exact) mass is 351 g/mol. The van der Waals surface area contributed by atoms with E-state index in [1.165, 1.54) is 5.56 Å². The van der Waals surface area contributed by atoms with Crippen molar-refractivity contribution in [1.82, 2.24) is 0 Å². The van der Waals surface area contributed by atoms with E-state index in [0.29, 0.717) is 0 Å². The average Bonchev–Trinajstić information content (AvgIpc) is 2.94. The second kappa shape index (κ2) is 4.98. The van der Waals surface area contributed by atoms with Crippen LogP contribution in [0.25, 0.3) is 0 Å². The quantitative estimate of drug-likeness (QED) is 0.886. The molecule has 1 aliphatic rings. The zero-order valence-corrected chi connectivity index (χ0v) is 13.5. The van der Waals surface area contributed by atoms with Gasteiger partial charge in [-0.05, 0) is 41.6 Å². The highest BCUT2D eigenvalue weighted by Gasteiger charge is 2.45. The number of aryl methyl sites for hydroxylation is 1. The summed E-state index contributed by atoms with van der Waals surface area (Å²) in [5, 5.41) is 16.7. The molecule has 1 aliphatic heterocycles. The molecule has 3 rings (SSSR count). The number of benzene rings is 1. The fourth-order valence-electron chi connectivity index (χ4n) is 2.38. The maximum atomic E-state index is 10.5. The number of hydrogen-bond donors (Lipinski definition) is 1. The largest absolute Gasteiger partial charge is 0.359 e. The van der Waals surface area contributed by atoms with Gasteiger partial charge in [0.15, 0.2) is 0 Å². The van der Waals surface area contributed by atoms with Crippen LogP contribution in [0, 0.1) is 6.92 Å². The molecule has 0 fully saturated rings. The highest BCUT2D eigenvalue weighted by molar-refractivity contribution is 9.10. The molecule has 0 saturated carbocycles. The highest BCUT2D eigenvalue weighted by Crippen LogP contribution is 2.39. The predicted octanol–water partition coefficient (Wildman–Crippen LogP) is 4.05. The SMILES string of the molecule is Cc1csc(C2=NOC(C)(O)C2c2ccc(Br)cc2)c1. The molecule has 1 aromatic heterocycles. The Morgan fingerprint density at radius 1 is 1.35 bits per heavy atom. The van der Waals surface area contributed by atoms with Gasteiger partial charge in [-0.3, -0.25) is 0 Å². The molecule has 0 aliphatic carbocycles. The van der Waals surface area contributed by atoms with Crippen LogP contribution in [0.3, 0.4) is 0 Å². The molecular formula is C15H14BrNO2S. The number of aliphatic hydroxyl groups is 1. The minimum Gasteiger partial charge on any atom is -0.359 e. The summed E-state index contributed by atoms with van der Waals surface area (Å²) in [4.78, 5) is 6.29. The standard InChI is InChI=1S/C15H14BrNO2S/c1-9-7-12(20-8-9)14-13(15(2,18)19-17-14)10-3-5-11(16)6-4-10/h3-8,13,18H,1-2H3. The van der Waals surface area contributed by atoms with Crippen molar-refractivity contribution in [3.05, 3.63) is 56.2 Å². The van der Waals surface area contributed by atoms with Gasteiger partial charge in [-0.1, -0.05) is 33.2 Å². The van der Waals surface area contributed by atoms with Gasteiger partial charge in [0.25, 0.3) is 0 Å². The molecule has 0 amide bonds. The van der Waals surface area contributed by atoms with Crippen LogP contribution in [-0.4, -0.2) is 16.6 Å². The first kappa shape index (κ1) is 13.8. The number of hydrogen-bond acceptors (Lipinski definition) is 4. The van der Waals surface area contributed by atoms with Crippen molar-refractivity contribution in [2.75, 3.05) is 0 Å². The molecular weight excluding hydrogens is 338 g/mol. The van der Waals surface area contributed by atoms with Gasteiger partial charge in [0.1, 0.15) is 5.71 Å². The third-order valence-corrected chi connectivity index (χ3v) is 4.92. The number of oxime groups is 1. The van der Waals surface area contributed by atoms with Crippen LogP contribution in [0.5, 0.6) is 0 Å². The summed E-state index contributed by atoms with van der Waals surface area (Å²) >= 11 is 5.04. The summed E-state index contributed by atoms with van der Waals surface area (Å²) < 4.78 is 1.00. The summed E-state index contributed by atoms with van der Waals surface area (Å²) in [5.41, 5.74) is 2.96. The molecule has 20 heavy (non-hydrogen) atoms. The van der Waals surface area contributed by atoms with Gasteiger partial charge in [-0.15, -0.1) is 11.3 Å². The second-order valence-electron chi connectivity index (χ2n) is 5.10. The molecule has 5 heteroatoms. The van der Waals surface area contributed by atoms with Crippen LogP contribution < -0.4 is 0 Å². The third-order valence-electron chi connectivity index (χ3n) is 3.32. The topological polar surface area (TPSA) is 41.8 Å². The van der Waals surface area contributed by atoms with Crippen LogP contribution >= 0.6 is 27.3 Å². The molecule has 2 atom stereocenters. The fourth-order valence-corrected chi connectivity index (χ4v) is 3.55. The van der Waals surface area contributed by atoms with E-state index in [1.807, 2.05) is 31.2 Å². The molecule has 104 valence electrons. The highest BCUT2D eigenvalue weighted by atomic mass is 79.9. The van der Waals surface area contributed by atoms with Crippen LogP contribution in [0.4, 0.5) is 0 Å². The second-order valence-corrected chi connectivity index (χ2v) is 6.92. The van der Waals surface area contributed by atoms with Gasteiger partial charge < -0.3 is 9.94 Å². The maximum Gasteiger partial charge on any atom is 0.244 e. The van der Waals surface area contributed by atoms with Crippen molar-refractivity contribution < 1.29 is 9.94 Å². The molecule has 2 unspecified atom stereocenters. The first-order chi connectivity index (χ1) is 9.47. The lowest BCUT2D eigenvalue weighted by molar-refractivity contribution is -0.179. The number of nitrogens with zero attached hydrogens (tertiary/aromatic N) is 1. The van der Waals surface area contributed by atoms with Gasteiger partial charge in [-0.25, -0.2) is 0 Å². The lowest BCUT2D eigenvalue weighted by Crippen LogP contribution is -2.33. The molecule has 2 heterocycles. The lowest BCUT2D eigenvalue weighted by atomic mass is 9.87. The summed E-state index contributed by atoms with van der Waals surface area (Å²) in [6.07, 6.45) is 0. The van der Waals surface area contributed by atoms with Crippen LogP contribution in [0.15, 0.2) is 45.3 Å². The van der Waals surface area contributed by atoms with E-state index < -0.39 is 5.79 Å². The van der Waals surface area contributed by atoms with Crippen molar-refractivity contribution in [3.8, 4) is 0 Å². The van der Waals surface area contributed by atoms with E-state index in [0.717, 1.165) is 20.6 Å². The van der Waals surface area contributed by atoms with Gasteiger partial charge in [0.05, 0.1) is 10.8 Å². The number of thiophene rings is 1. The minimum absolute atomic E-state index is 0.284. The lowest BCUT2D eigenvalue weighted by Gasteiger charge is -2.23. The van der Waals surface area contributed by atoms with Crippen LogP contribution in [0.2, 0.25) is 0 Å². The van der Waals surface area contributed by atoms with Crippen molar-refractivity contribution in [2.45, 2.75) is 25.6 Å². The normalized spacial score (nSPS) is 25.4. The van der Waals surface area contributed by atoms with E-state index in [2.05, 4.69) is 32.5 Å². The Morgan fingerprint density at radius 2 is 2.05 bits per heavy atom. The van der Waals surface area contributed by atoms with E-state index in [9.17, 15) is 5.11 Å². The van der Waals surface area contributed by atoms with Gasteiger partial charge in [-0.2, -0.15) is 0 Å². The Bertz CT molecular complexity index is 661. The molecule has 1 aromatic carbocycles. The number of rotatable bonds is 2. The van der Waals surface area contributed by atoms with Crippen molar-refractivity contribution >= 4 is 33.0 Å². The molecule has 0 spiro atoms. The van der Waals surface area contributed by atoms with Crippen LogP contribution in [0.1, 0.15) is 28.8 Å². The zero-order chi connectivity index (χ0) is 14.3. The van der Waals surface area contributed by atoms with Gasteiger partial charge >= 0.3 is 0 Å².